The topological polar surface area (TPSA) is 39.2 Å². The number of halogens is 1. The highest BCUT2D eigenvalue weighted by Gasteiger charge is 2.21. The number of nitrogens with zero attached hydrogens (tertiary/aromatic N) is 1. The van der Waals surface area contributed by atoms with Gasteiger partial charge in [-0.05, 0) is 34.5 Å². The molecule has 1 heterocycles. The molecular formula is C12H16BrNO2S. The first-order valence-electron chi connectivity index (χ1n) is 5.54. The normalized spacial score (nSPS) is 12.2. The number of carbonyl (C=O) groups excluding carboxylic acids is 1. The van der Waals surface area contributed by atoms with E-state index in [4.69, 9.17) is 4.74 Å². The fourth-order valence-electron chi connectivity index (χ4n) is 1.34. The number of ether oxygens (including phenoxy) is 1. The average Bonchev–Trinajstić information content (AvgIpc) is 2.35. The number of hydrogen-bond donors (Lipinski definition) is 0. The molecular weight excluding hydrogens is 302 g/mol. The third-order valence-electron chi connectivity index (χ3n) is 2.26. The summed E-state index contributed by atoms with van der Waals surface area (Å²) in [6.45, 7) is 2.11. The SMILES string of the molecule is CCCCC(Sc1ncccc1Br)C(=O)OC. The minimum absolute atomic E-state index is 0.175. The summed E-state index contributed by atoms with van der Waals surface area (Å²) in [7, 11) is 1.43. The molecule has 0 bridgehead atoms. The van der Waals surface area contributed by atoms with Gasteiger partial charge in [0.25, 0.3) is 0 Å². The second-order valence-electron chi connectivity index (χ2n) is 3.56. The van der Waals surface area contributed by atoms with Crippen molar-refractivity contribution in [1.82, 2.24) is 4.98 Å². The van der Waals surface area contributed by atoms with Gasteiger partial charge in [0.1, 0.15) is 10.3 Å². The van der Waals surface area contributed by atoms with E-state index in [0.29, 0.717) is 0 Å². The molecule has 0 aromatic carbocycles. The van der Waals surface area contributed by atoms with E-state index in [1.165, 1.54) is 18.9 Å². The third kappa shape index (κ3) is 4.68. The molecule has 17 heavy (non-hydrogen) atoms. The van der Waals surface area contributed by atoms with Gasteiger partial charge in [0.2, 0.25) is 0 Å². The fourth-order valence-corrected chi connectivity index (χ4v) is 2.92. The zero-order chi connectivity index (χ0) is 12.7. The average molecular weight is 318 g/mol. The number of esters is 1. The maximum Gasteiger partial charge on any atom is 0.319 e. The van der Waals surface area contributed by atoms with E-state index in [1.54, 1.807) is 6.20 Å². The van der Waals surface area contributed by atoms with E-state index >= 15 is 0 Å². The van der Waals surface area contributed by atoms with Crippen LogP contribution >= 0.6 is 27.7 Å². The van der Waals surface area contributed by atoms with Crippen LogP contribution in [0.25, 0.3) is 0 Å². The van der Waals surface area contributed by atoms with Gasteiger partial charge in [-0.2, -0.15) is 0 Å². The Morgan fingerprint density at radius 3 is 3.00 bits per heavy atom. The minimum Gasteiger partial charge on any atom is -0.468 e. The van der Waals surface area contributed by atoms with Gasteiger partial charge in [0.15, 0.2) is 0 Å². The molecule has 0 fully saturated rings. The maximum atomic E-state index is 11.6. The summed E-state index contributed by atoms with van der Waals surface area (Å²) in [5, 5.41) is 0.658. The molecule has 1 aromatic rings. The highest BCUT2D eigenvalue weighted by Crippen LogP contribution is 2.31. The molecule has 94 valence electrons. The molecule has 0 saturated carbocycles. The lowest BCUT2D eigenvalue weighted by Gasteiger charge is -2.13. The molecule has 0 amide bonds. The molecule has 0 N–H and O–H groups in total. The Labute approximate surface area is 114 Å². The van der Waals surface area contributed by atoms with Crippen molar-refractivity contribution in [2.75, 3.05) is 7.11 Å². The second-order valence-corrected chi connectivity index (χ2v) is 5.61. The number of hydrogen-bond acceptors (Lipinski definition) is 4. The van der Waals surface area contributed by atoms with Crippen LogP contribution in [0.2, 0.25) is 0 Å². The molecule has 0 aliphatic carbocycles. The summed E-state index contributed by atoms with van der Waals surface area (Å²) in [4.78, 5) is 15.9. The first-order valence-corrected chi connectivity index (χ1v) is 7.21. The van der Waals surface area contributed by atoms with Crippen LogP contribution < -0.4 is 0 Å². The van der Waals surface area contributed by atoms with Crippen LogP contribution in [-0.2, 0) is 9.53 Å². The van der Waals surface area contributed by atoms with E-state index in [9.17, 15) is 4.79 Å². The Balaban J connectivity index is 2.72. The first kappa shape index (κ1) is 14.5. The molecule has 3 nitrogen and oxygen atoms in total. The Bertz CT molecular complexity index is 373. The Hall–Kier alpha value is -0.550. The van der Waals surface area contributed by atoms with Crippen molar-refractivity contribution in [1.29, 1.82) is 0 Å². The van der Waals surface area contributed by atoms with Gasteiger partial charge in [-0.1, -0.05) is 31.5 Å². The molecule has 1 unspecified atom stereocenters. The summed E-state index contributed by atoms with van der Waals surface area (Å²) >= 11 is 4.88. The monoisotopic (exact) mass is 317 g/mol. The van der Waals surface area contributed by atoms with E-state index in [2.05, 4.69) is 27.8 Å². The molecule has 0 saturated heterocycles. The van der Waals surface area contributed by atoms with Crippen LogP contribution in [0.4, 0.5) is 0 Å². The van der Waals surface area contributed by atoms with E-state index < -0.39 is 0 Å². The smallest absolute Gasteiger partial charge is 0.319 e. The molecule has 5 heteroatoms. The van der Waals surface area contributed by atoms with Crippen molar-refractivity contribution in [3.63, 3.8) is 0 Å². The molecule has 1 atom stereocenters. The highest BCUT2D eigenvalue weighted by molar-refractivity contribution is 9.10. The molecule has 0 aliphatic rings. The number of pyridine rings is 1. The zero-order valence-corrected chi connectivity index (χ0v) is 12.4. The van der Waals surface area contributed by atoms with Crippen molar-refractivity contribution in [2.24, 2.45) is 0 Å². The Kier molecular flexibility index (Phi) is 6.58. The van der Waals surface area contributed by atoms with Crippen LogP contribution in [0.1, 0.15) is 26.2 Å². The van der Waals surface area contributed by atoms with Gasteiger partial charge in [0, 0.05) is 10.7 Å². The van der Waals surface area contributed by atoms with Crippen molar-refractivity contribution in [3.8, 4) is 0 Å². The molecule has 0 radical (unpaired) electrons. The maximum absolute atomic E-state index is 11.6. The largest absolute Gasteiger partial charge is 0.468 e. The summed E-state index contributed by atoms with van der Waals surface area (Å²) in [6.07, 6.45) is 4.62. The number of unbranched alkanes of at least 4 members (excludes halogenated alkanes) is 1. The van der Waals surface area contributed by atoms with Crippen LogP contribution in [-0.4, -0.2) is 23.3 Å². The quantitative estimate of drug-likeness (QED) is 0.593. The zero-order valence-electron chi connectivity index (χ0n) is 9.98. The second kappa shape index (κ2) is 7.71. The third-order valence-corrected chi connectivity index (χ3v) is 4.43. The molecule has 1 rings (SSSR count). The predicted molar refractivity (Wildman–Crippen MR) is 73.1 cm³/mol. The number of methoxy groups -OCH3 is 1. The van der Waals surface area contributed by atoms with Gasteiger partial charge in [-0.25, -0.2) is 4.98 Å². The number of thioether (sulfide) groups is 1. The van der Waals surface area contributed by atoms with Gasteiger partial charge >= 0.3 is 5.97 Å². The molecule has 0 aliphatic heterocycles. The Morgan fingerprint density at radius 2 is 2.41 bits per heavy atom. The lowest BCUT2D eigenvalue weighted by Crippen LogP contribution is -2.19. The lowest BCUT2D eigenvalue weighted by atomic mass is 10.2. The fraction of sp³-hybridized carbons (Fsp3) is 0.500. The van der Waals surface area contributed by atoms with E-state index in [-0.39, 0.29) is 11.2 Å². The lowest BCUT2D eigenvalue weighted by molar-refractivity contribution is -0.140. The molecule has 1 aromatic heterocycles. The van der Waals surface area contributed by atoms with Crippen LogP contribution in [0.5, 0.6) is 0 Å². The standard InChI is InChI=1S/C12H16BrNO2S/c1-3-4-7-10(12(15)16-2)17-11-9(13)6-5-8-14-11/h5-6,8,10H,3-4,7H2,1-2H3. The summed E-state index contributed by atoms with van der Waals surface area (Å²) in [5.41, 5.74) is 0. The van der Waals surface area contributed by atoms with Crippen LogP contribution in [0, 0.1) is 0 Å². The van der Waals surface area contributed by atoms with Crippen molar-refractivity contribution in [2.45, 2.75) is 36.5 Å². The van der Waals surface area contributed by atoms with Crippen molar-refractivity contribution >= 4 is 33.7 Å². The van der Waals surface area contributed by atoms with Crippen molar-refractivity contribution in [3.05, 3.63) is 22.8 Å². The Morgan fingerprint density at radius 1 is 1.65 bits per heavy atom. The highest BCUT2D eigenvalue weighted by atomic mass is 79.9. The summed E-state index contributed by atoms with van der Waals surface area (Å²) in [6, 6.07) is 3.77. The minimum atomic E-state index is -0.180. The van der Waals surface area contributed by atoms with Crippen LogP contribution in [0.15, 0.2) is 27.8 Å². The summed E-state index contributed by atoms with van der Waals surface area (Å²) in [5.74, 6) is -0.180. The van der Waals surface area contributed by atoms with Crippen LogP contribution in [0.3, 0.4) is 0 Å². The van der Waals surface area contributed by atoms with E-state index in [0.717, 1.165) is 28.8 Å². The van der Waals surface area contributed by atoms with Gasteiger partial charge in [-0.15, -0.1) is 0 Å². The number of carbonyl (C=O) groups is 1. The number of rotatable bonds is 6. The van der Waals surface area contributed by atoms with Gasteiger partial charge in [0.05, 0.1) is 7.11 Å². The summed E-state index contributed by atoms with van der Waals surface area (Å²) < 4.78 is 5.73. The predicted octanol–water partition coefficient (Wildman–Crippen LogP) is 3.67. The molecule has 0 spiro atoms. The van der Waals surface area contributed by atoms with E-state index in [1.807, 2.05) is 12.1 Å². The van der Waals surface area contributed by atoms with Gasteiger partial charge < -0.3 is 4.74 Å². The number of aromatic nitrogens is 1. The first-order chi connectivity index (χ1) is 8.19. The van der Waals surface area contributed by atoms with Gasteiger partial charge in [-0.3, -0.25) is 4.79 Å². The van der Waals surface area contributed by atoms with Crippen molar-refractivity contribution < 1.29 is 9.53 Å².